The van der Waals surface area contributed by atoms with Gasteiger partial charge in [0, 0.05) is 12.1 Å². The Morgan fingerprint density at radius 3 is 2.45 bits per heavy atom. The van der Waals surface area contributed by atoms with Crippen LogP contribution in [0.1, 0.15) is 56.8 Å². The van der Waals surface area contributed by atoms with Crippen LogP contribution >= 0.6 is 12.2 Å². The maximum atomic E-state index is 13.7. The predicted molar refractivity (Wildman–Crippen MR) is 162 cm³/mol. The molecular weight excluding hydrogens is 595 g/mol. The molecule has 0 unspecified atom stereocenters. The molecule has 0 saturated carbocycles. The van der Waals surface area contributed by atoms with Gasteiger partial charge in [-0.25, -0.2) is 9.50 Å². The number of aromatic nitrogens is 4. The average molecular weight is 624 g/mol. The van der Waals surface area contributed by atoms with Gasteiger partial charge in [0.2, 0.25) is 0 Å². The molecular formula is C30H28F3N7O3S. The molecule has 1 N–H and O–H groups in total. The van der Waals surface area contributed by atoms with Crippen molar-refractivity contribution >= 4 is 40.1 Å². The summed E-state index contributed by atoms with van der Waals surface area (Å²) in [4.78, 5) is 36.8. The van der Waals surface area contributed by atoms with E-state index < -0.39 is 34.3 Å². The molecule has 5 rings (SSSR count). The molecule has 10 nitrogen and oxygen atoms in total. The molecule has 228 valence electrons. The molecule has 2 aromatic heterocycles. The van der Waals surface area contributed by atoms with Crippen LogP contribution in [-0.4, -0.2) is 42.7 Å². The van der Waals surface area contributed by atoms with E-state index >= 15 is 0 Å². The van der Waals surface area contributed by atoms with Crippen LogP contribution in [0, 0.1) is 18.3 Å². The fraction of sp³-hybridized carbons (Fsp3) is 0.333. The van der Waals surface area contributed by atoms with E-state index in [-0.39, 0.29) is 16.6 Å². The zero-order chi connectivity index (χ0) is 32.1. The number of carbonyl (C=O) groups is 1. The fourth-order valence-corrected chi connectivity index (χ4v) is 5.85. The van der Waals surface area contributed by atoms with Crippen LogP contribution in [0.3, 0.4) is 0 Å². The fourth-order valence-electron chi connectivity index (χ4n) is 5.33. The van der Waals surface area contributed by atoms with Gasteiger partial charge >= 0.3 is 6.18 Å². The topological polar surface area (TPSA) is 120 Å². The summed E-state index contributed by atoms with van der Waals surface area (Å²) < 4.78 is 48.6. The molecule has 3 heterocycles. The van der Waals surface area contributed by atoms with Gasteiger partial charge in [0.1, 0.15) is 17.1 Å². The maximum Gasteiger partial charge on any atom is 0.417 e. The van der Waals surface area contributed by atoms with Crippen molar-refractivity contribution in [3.63, 3.8) is 0 Å². The van der Waals surface area contributed by atoms with Crippen LogP contribution in [0.5, 0.6) is 5.75 Å². The molecule has 14 heteroatoms. The van der Waals surface area contributed by atoms with Crippen LogP contribution in [0.2, 0.25) is 0 Å². The van der Waals surface area contributed by atoms with Gasteiger partial charge in [-0.3, -0.25) is 14.5 Å². The van der Waals surface area contributed by atoms with Crippen LogP contribution in [0.4, 0.5) is 24.5 Å². The molecule has 1 aliphatic rings. The Labute approximate surface area is 255 Å². The Balaban J connectivity index is 1.65. The number of nitrogens with one attached hydrogen (secondary N) is 1. The lowest BCUT2D eigenvalue weighted by Crippen LogP contribution is -2.44. The van der Waals surface area contributed by atoms with Crippen molar-refractivity contribution in [1.82, 2.24) is 19.6 Å². The van der Waals surface area contributed by atoms with Crippen molar-refractivity contribution in [3.8, 4) is 23.2 Å². The zero-order valence-electron chi connectivity index (χ0n) is 24.5. The normalized spacial score (nSPS) is 14.9. The van der Waals surface area contributed by atoms with Gasteiger partial charge < -0.3 is 14.6 Å². The first kappa shape index (κ1) is 30.7. The second kappa shape index (κ2) is 11.1. The maximum absolute atomic E-state index is 13.7. The summed E-state index contributed by atoms with van der Waals surface area (Å²) >= 11 is 5.69. The Morgan fingerprint density at radius 2 is 1.82 bits per heavy atom. The van der Waals surface area contributed by atoms with E-state index in [2.05, 4.69) is 9.97 Å². The van der Waals surface area contributed by atoms with Crippen molar-refractivity contribution in [2.24, 2.45) is 0 Å². The van der Waals surface area contributed by atoms with Gasteiger partial charge in [0.15, 0.2) is 16.5 Å². The van der Waals surface area contributed by atoms with Crippen molar-refractivity contribution in [2.75, 3.05) is 16.4 Å². The summed E-state index contributed by atoms with van der Waals surface area (Å²) in [6.07, 6.45) is -3.43. The number of hydrogen-bond donors (Lipinski definition) is 1. The Hall–Kier alpha value is -4.77. The molecule has 0 radical (unpaired) electrons. The standard InChI is InChI=1S/C30H28F3N7O3S/c1-6-8-23-35-16(3)24-26(41)36-25(37-40(23)24)20-13-19(11-12-22(20)43-7-2)39-28(44)38(27(42)29(39,4)5)18-10-9-17(15-34)21(14-18)30(31,32)33/h9-14H,6-8H2,1-5H3,(H,36,37,41). The summed E-state index contributed by atoms with van der Waals surface area (Å²) in [5.41, 5.74) is -1.89. The summed E-state index contributed by atoms with van der Waals surface area (Å²) in [6.45, 7) is 9.05. The van der Waals surface area contributed by atoms with Crippen molar-refractivity contribution < 1.29 is 22.7 Å². The van der Waals surface area contributed by atoms with Gasteiger partial charge in [0.05, 0.1) is 40.7 Å². The zero-order valence-corrected chi connectivity index (χ0v) is 25.4. The van der Waals surface area contributed by atoms with Gasteiger partial charge in [-0.05, 0) is 82.7 Å². The quantitative estimate of drug-likeness (QED) is 0.266. The molecule has 0 spiro atoms. The number of alkyl halides is 3. The minimum absolute atomic E-state index is 0.0692. The Bertz CT molecular complexity index is 1920. The first-order chi connectivity index (χ1) is 20.7. The molecule has 0 atom stereocenters. The van der Waals surface area contributed by atoms with E-state index in [1.54, 1.807) is 52.0 Å². The number of carbonyl (C=O) groups excluding carboxylic acids is 1. The lowest BCUT2D eigenvalue weighted by atomic mass is 10.0. The predicted octanol–water partition coefficient (Wildman–Crippen LogP) is 5.55. The highest BCUT2D eigenvalue weighted by atomic mass is 32.1. The van der Waals surface area contributed by atoms with Crippen molar-refractivity contribution in [1.29, 1.82) is 5.26 Å². The SMILES string of the molecule is CCCc1nc(C)c2c(=O)[nH]c(-c3cc(N4C(=S)N(c5ccc(C#N)c(C(F)(F)F)c5)C(=O)C4(C)C)ccc3OCC)nn12. The molecule has 44 heavy (non-hydrogen) atoms. The van der Waals surface area contributed by atoms with Crippen LogP contribution in [0.15, 0.2) is 41.2 Å². The first-order valence-electron chi connectivity index (χ1n) is 13.8. The van der Waals surface area contributed by atoms with Crippen LogP contribution in [-0.2, 0) is 17.4 Å². The highest BCUT2D eigenvalue weighted by Gasteiger charge is 2.51. The number of rotatable bonds is 7. The van der Waals surface area contributed by atoms with E-state index in [0.29, 0.717) is 47.1 Å². The monoisotopic (exact) mass is 623 g/mol. The second-order valence-corrected chi connectivity index (χ2v) is 11.1. The number of fused-ring (bicyclic) bond motifs is 1. The van der Waals surface area contributed by atoms with Crippen LogP contribution < -0.4 is 20.1 Å². The summed E-state index contributed by atoms with van der Waals surface area (Å²) in [5, 5.41) is 13.8. The second-order valence-electron chi connectivity index (χ2n) is 10.7. The highest BCUT2D eigenvalue weighted by Crippen LogP contribution is 2.41. The average Bonchev–Trinajstić information content (AvgIpc) is 3.37. The number of halogens is 3. The number of nitriles is 1. The number of amides is 1. The summed E-state index contributed by atoms with van der Waals surface area (Å²) in [6, 6.07) is 9.54. The number of anilines is 2. The van der Waals surface area contributed by atoms with Crippen LogP contribution in [0.25, 0.3) is 16.9 Å². The van der Waals surface area contributed by atoms with E-state index in [1.165, 1.54) is 15.5 Å². The van der Waals surface area contributed by atoms with Crippen molar-refractivity contribution in [3.05, 3.63) is 69.4 Å². The summed E-state index contributed by atoms with van der Waals surface area (Å²) in [5.74, 6) is 0.656. The third-order valence-electron chi connectivity index (χ3n) is 7.35. The minimum Gasteiger partial charge on any atom is -0.493 e. The van der Waals surface area contributed by atoms with E-state index in [9.17, 15) is 28.0 Å². The highest BCUT2D eigenvalue weighted by molar-refractivity contribution is 7.81. The Kier molecular flexibility index (Phi) is 7.71. The van der Waals surface area contributed by atoms with Gasteiger partial charge in [-0.1, -0.05) is 6.92 Å². The third kappa shape index (κ3) is 4.96. The van der Waals surface area contributed by atoms with E-state index in [0.717, 1.165) is 23.5 Å². The van der Waals surface area contributed by atoms with Crippen molar-refractivity contribution in [2.45, 2.75) is 59.2 Å². The molecule has 4 aromatic rings. The molecule has 0 bridgehead atoms. The molecule has 1 amide bonds. The first-order valence-corrected chi connectivity index (χ1v) is 14.2. The summed E-state index contributed by atoms with van der Waals surface area (Å²) in [7, 11) is 0. The number of imidazole rings is 1. The van der Waals surface area contributed by atoms with E-state index in [4.69, 9.17) is 22.1 Å². The van der Waals surface area contributed by atoms with Gasteiger partial charge in [-0.15, -0.1) is 5.10 Å². The smallest absolute Gasteiger partial charge is 0.417 e. The van der Waals surface area contributed by atoms with E-state index in [1.807, 2.05) is 6.92 Å². The number of benzene rings is 2. The van der Waals surface area contributed by atoms with Gasteiger partial charge in [0.25, 0.3) is 11.5 Å². The number of hydrogen-bond acceptors (Lipinski definition) is 7. The number of aryl methyl sites for hydroxylation is 2. The largest absolute Gasteiger partial charge is 0.493 e. The minimum atomic E-state index is -4.82. The number of ether oxygens (including phenoxy) is 1. The molecule has 1 saturated heterocycles. The molecule has 0 aliphatic carbocycles. The number of nitrogens with zero attached hydrogens (tertiary/aromatic N) is 6. The van der Waals surface area contributed by atoms with Gasteiger partial charge in [-0.2, -0.15) is 18.4 Å². The Morgan fingerprint density at radius 1 is 1.11 bits per heavy atom. The lowest BCUT2D eigenvalue weighted by molar-refractivity contribution is -0.137. The molecule has 1 fully saturated rings. The number of H-pyrrole nitrogens is 1. The molecule has 2 aromatic carbocycles. The third-order valence-corrected chi connectivity index (χ3v) is 7.71. The molecule has 1 aliphatic heterocycles. The number of thiocarbonyl (C=S) groups is 1. The number of aromatic amines is 1. The lowest BCUT2D eigenvalue weighted by Gasteiger charge is -2.30.